The number of nitrogens with zero attached hydrogens (tertiary/aromatic N) is 2. The van der Waals surface area contributed by atoms with Gasteiger partial charge in [-0.3, -0.25) is 9.69 Å². The zero-order valence-corrected chi connectivity index (χ0v) is 20.1. The number of rotatable bonds is 5. The van der Waals surface area contributed by atoms with E-state index in [0.29, 0.717) is 43.5 Å². The highest BCUT2D eigenvalue weighted by molar-refractivity contribution is 5.90. The number of hydrogen-bond acceptors (Lipinski definition) is 4. The second-order valence-corrected chi connectivity index (χ2v) is 10.7. The second-order valence-electron chi connectivity index (χ2n) is 10.7. The van der Waals surface area contributed by atoms with Crippen LogP contribution in [-0.4, -0.2) is 40.3 Å². The van der Waals surface area contributed by atoms with Crippen molar-refractivity contribution in [2.45, 2.75) is 88.7 Å². The SMILES string of the molecule is N#Cc1c(O[C@H]2CC[C@@H](C(F)(F)F)CC2)ccc2ccc(CN3C4CCCC3CC(C(=O)O)C4)cc12. The quantitative estimate of drug-likeness (QED) is 0.512. The Morgan fingerprint density at radius 2 is 1.72 bits per heavy atom. The van der Waals surface area contributed by atoms with Gasteiger partial charge in [-0.15, -0.1) is 0 Å². The summed E-state index contributed by atoms with van der Waals surface area (Å²) in [6, 6.07) is 12.5. The number of ether oxygens (including phenoxy) is 1. The number of halogens is 3. The number of alkyl halides is 3. The molecule has 2 aromatic rings. The van der Waals surface area contributed by atoms with Gasteiger partial charge in [-0.1, -0.05) is 24.6 Å². The van der Waals surface area contributed by atoms with Crippen molar-refractivity contribution in [3.8, 4) is 11.8 Å². The molecule has 2 saturated heterocycles. The predicted octanol–water partition coefficient (Wildman–Crippen LogP) is 6.43. The van der Waals surface area contributed by atoms with Gasteiger partial charge < -0.3 is 9.84 Å². The topological polar surface area (TPSA) is 73.6 Å². The molecule has 36 heavy (non-hydrogen) atoms. The molecular weight excluding hydrogens is 469 g/mol. The van der Waals surface area contributed by atoms with E-state index in [9.17, 15) is 28.3 Å². The first-order valence-corrected chi connectivity index (χ1v) is 12.9. The Balaban J connectivity index is 1.34. The fraction of sp³-hybridized carbons (Fsp3) is 0.571. The molecule has 1 aliphatic carbocycles. The number of fused-ring (bicyclic) bond motifs is 3. The fourth-order valence-electron chi connectivity index (χ4n) is 6.50. The molecule has 8 heteroatoms. The summed E-state index contributed by atoms with van der Waals surface area (Å²) in [6.07, 6.45) is 0.746. The lowest BCUT2D eigenvalue weighted by Crippen LogP contribution is -2.52. The van der Waals surface area contributed by atoms with Crippen molar-refractivity contribution in [1.82, 2.24) is 4.90 Å². The van der Waals surface area contributed by atoms with Crippen LogP contribution in [0.5, 0.6) is 5.75 Å². The Bertz CT molecular complexity index is 1150. The molecule has 3 aliphatic rings. The van der Waals surface area contributed by atoms with E-state index in [4.69, 9.17) is 4.74 Å². The number of carboxylic acid groups (broad SMARTS) is 1. The molecule has 2 bridgehead atoms. The molecule has 1 N–H and O–H groups in total. The number of carboxylic acids is 1. The van der Waals surface area contributed by atoms with Crippen LogP contribution in [0.2, 0.25) is 0 Å². The second kappa shape index (κ2) is 9.93. The maximum Gasteiger partial charge on any atom is 0.391 e. The molecule has 5 nitrogen and oxygen atoms in total. The molecule has 2 unspecified atom stereocenters. The summed E-state index contributed by atoms with van der Waals surface area (Å²) < 4.78 is 45.1. The molecule has 0 aromatic heterocycles. The van der Waals surface area contributed by atoms with E-state index in [-0.39, 0.29) is 36.9 Å². The summed E-state index contributed by atoms with van der Waals surface area (Å²) >= 11 is 0. The highest BCUT2D eigenvalue weighted by Crippen LogP contribution is 2.40. The zero-order valence-electron chi connectivity index (χ0n) is 20.1. The van der Waals surface area contributed by atoms with Crippen LogP contribution in [0, 0.1) is 23.2 Å². The van der Waals surface area contributed by atoms with Crippen LogP contribution in [-0.2, 0) is 11.3 Å². The van der Waals surface area contributed by atoms with Crippen molar-refractivity contribution in [3.05, 3.63) is 41.5 Å². The first kappa shape index (κ1) is 24.9. The first-order valence-electron chi connectivity index (χ1n) is 12.9. The van der Waals surface area contributed by atoms with Crippen LogP contribution >= 0.6 is 0 Å². The van der Waals surface area contributed by atoms with Crippen LogP contribution in [0.3, 0.4) is 0 Å². The number of nitriles is 1. The van der Waals surface area contributed by atoms with Gasteiger partial charge in [-0.25, -0.2) is 0 Å². The zero-order chi connectivity index (χ0) is 25.4. The summed E-state index contributed by atoms with van der Waals surface area (Å²) in [6.45, 7) is 0.703. The minimum atomic E-state index is -4.16. The molecule has 0 amide bonds. The molecule has 0 spiro atoms. The van der Waals surface area contributed by atoms with Crippen molar-refractivity contribution < 1.29 is 27.8 Å². The molecule has 0 radical (unpaired) electrons. The highest BCUT2D eigenvalue weighted by atomic mass is 19.4. The Labute approximate surface area is 208 Å². The lowest BCUT2D eigenvalue weighted by Gasteiger charge is -2.48. The van der Waals surface area contributed by atoms with Gasteiger partial charge in [0.15, 0.2) is 0 Å². The van der Waals surface area contributed by atoms with Gasteiger partial charge in [0.2, 0.25) is 0 Å². The maximum atomic E-state index is 13.0. The third-order valence-corrected chi connectivity index (χ3v) is 8.43. The summed E-state index contributed by atoms with van der Waals surface area (Å²) in [5, 5.41) is 21.2. The van der Waals surface area contributed by atoms with E-state index in [1.807, 2.05) is 18.2 Å². The fourth-order valence-corrected chi connectivity index (χ4v) is 6.50. The van der Waals surface area contributed by atoms with Crippen molar-refractivity contribution in [2.75, 3.05) is 0 Å². The van der Waals surface area contributed by atoms with Gasteiger partial charge in [0, 0.05) is 24.0 Å². The molecule has 5 rings (SSSR count). The van der Waals surface area contributed by atoms with Gasteiger partial charge in [0.25, 0.3) is 0 Å². The molecule has 1 saturated carbocycles. The van der Waals surface area contributed by atoms with Gasteiger partial charge in [-0.2, -0.15) is 18.4 Å². The summed E-state index contributed by atoms with van der Waals surface area (Å²) in [7, 11) is 0. The van der Waals surface area contributed by atoms with Crippen LogP contribution < -0.4 is 4.74 Å². The Morgan fingerprint density at radius 1 is 1.06 bits per heavy atom. The van der Waals surface area contributed by atoms with Gasteiger partial charge in [0.05, 0.1) is 17.9 Å². The van der Waals surface area contributed by atoms with E-state index in [1.54, 1.807) is 6.07 Å². The predicted molar refractivity (Wildman–Crippen MR) is 128 cm³/mol. The van der Waals surface area contributed by atoms with Crippen molar-refractivity contribution in [3.63, 3.8) is 0 Å². The molecule has 192 valence electrons. The summed E-state index contributed by atoms with van der Waals surface area (Å²) in [4.78, 5) is 14.0. The van der Waals surface area contributed by atoms with Gasteiger partial charge in [0.1, 0.15) is 17.4 Å². The minimum Gasteiger partial charge on any atom is -0.489 e. The standard InChI is InChI=1S/C28H31F3N2O3/c29-28(30,31)20-7-9-23(10-8-20)36-26-11-6-18-5-4-17(12-24(18)25(26)15-32)16-33-21-2-1-3-22(33)14-19(13-21)27(34)35/h4-6,11-12,19-23H,1-3,7-10,13-14,16H2,(H,34,35)/t19?,20-,21?,22?,23+. The van der Waals surface area contributed by atoms with Gasteiger partial charge in [-0.05, 0) is 74.4 Å². The molecule has 2 aliphatic heterocycles. The number of aliphatic carboxylic acids is 1. The third-order valence-electron chi connectivity index (χ3n) is 8.43. The molecule has 2 atom stereocenters. The minimum absolute atomic E-state index is 0.0503. The Hall–Kier alpha value is -2.79. The van der Waals surface area contributed by atoms with E-state index in [2.05, 4.69) is 17.0 Å². The molecular formula is C28H31F3N2O3. The number of carbonyl (C=O) groups is 1. The van der Waals surface area contributed by atoms with E-state index < -0.39 is 18.1 Å². The first-order chi connectivity index (χ1) is 17.2. The van der Waals surface area contributed by atoms with Crippen LogP contribution in [0.25, 0.3) is 10.8 Å². The number of piperidine rings is 2. The van der Waals surface area contributed by atoms with Crippen LogP contribution in [0.15, 0.2) is 30.3 Å². The van der Waals surface area contributed by atoms with E-state index in [1.165, 1.54) is 0 Å². The third kappa shape index (κ3) is 5.04. The van der Waals surface area contributed by atoms with Crippen molar-refractivity contribution in [1.29, 1.82) is 5.26 Å². The number of hydrogen-bond donors (Lipinski definition) is 1. The maximum absolute atomic E-state index is 13.0. The monoisotopic (exact) mass is 500 g/mol. The van der Waals surface area contributed by atoms with E-state index in [0.717, 1.165) is 35.6 Å². The molecule has 2 heterocycles. The van der Waals surface area contributed by atoms with Crippen LogP contribution in [0.4, 0.5) is 13.2 Å². The van der Waals surface area contributed by atoms with Crippen molar-refractivity contribution >= 4 is 16.7 Å². The smallest absolute Gasteiger partial charge is 0.391 e. The lowest BCUT2D eigenvalue weighted by atomic mass is 9.78. The van der Waals surface area contributed by atoms with E-state index >= 15 is 0 Å². The summed E-state index contributed by atoms with van der Waals surface area (Å²) in [5.41, 5.74) is 1.48. The Morgan fingerprint density at radius 3 is 2.33 bits per heavy atom. The van der Waals surface area contributed by atoms with Crippen molar-refractivity contribution in [2.24, 2.45) is 11.8 Å². The van der Waals surface area contributed by atoms with Crippen LogP contribution in [0.1, 0.15) is 68.9 Å². The number of benzene rings is 2. The lowest BCUT2D eigenvalue weighted by molar-refractivity contribution is -0.185. The largest absolute Gasteiger partial charge is 0.489 e. The summed E-state index contributed by atoms with van der Waals surface area (Å²) in [5.74, 6) is -1.82. The molecule has 2 aromatic carbocycles. The highest BCUT2D eigenvalue weighted by Gasteiger charge is 2.42. The Kier molecular flexibility index (Phi) is 6.86. The normalized spacial score (nSPS) is 29.0. The average molecular weight is 501 g/mol. The molecule has 3 fully saturated rings. The average Bonchev–Trinajstić information content (AvgIpc) is 2.83. The van der Waals surface area contributed by atoms with Gasteiger partial charge >= 0.3 is 12.1 Å².